The van der Waals surface area contributed by atoms with Crippen LogP contribution in [0, 0.1) is 16.2 Å². The lowest BCUT2D eigenvalue weighted by atomic mass is 9.65. The molecule has 0 aliphatic carbocycles. The van der Waals surface area contributed by atoms with Gasteiger partial charge in [0.25, 0.3) is 0 Å². The molecule has 3 heteroatoms. The molecule has 1 unspecified atom stereocenters. The molecule has 3 nitrogen and oxygen atoms in total. The van der Waals surface area contributed by atoms with Crippen molar-refractivity contribution in [1.82, 2.24) is 0 Å². The number of aliphatic carboxylic acids is 1. The van der Waals surface area contributed by atoms with Gasteiger partial charge in [0, 0.05) is 6.61 Å². The second-order valence-corrected chi connectivity index (χ2v) is 8.95. The minimum atomic E-state index is -0.719. The number of ether oxygens (including phenoxy) is 1. The first-order valence-electron chi connectivity index (χ1n) is 8.04. The van der Waals surface area contributed by atoms with Gasteiger partial charge in [-0.3, -0.25) is 4.79 Å². The van der Waals surface area contributed by atoms with Gasteiger partial charge in [-0.05, 0) is 50.9 Å². The second-order valence-electron chi connectivity index (χ2n) is 8.95. The van der Waals surface area contributed by atoms with Gasteiger partial charge < -0.3 is 9.84 Å². The van der Waals surface area contributed by atoms with Crippen LogP contribution >= 0.6 is 0 Å². The summed E-state index contributed by atoms with van der Waals surface area (Å²) in [5.74, 6) is -0.719. The zero-order chi connectivity index (χ0) is 17.1. The van der Waals surface area contributed by atoms with Crippen LogP contribution in [0.1, 0.15) is 81.6 Å². The molecular formula is C18H36O3. The quantitative estimate of drug-likeness (QED) is 0.675. The topological polar surface area (TPSA) is 46.5 Å². The van der Waals surface area contributed by atoms with Gasteiger partial charge in [0.05, 0.1) is 11.0 Å². The molecule has 0 aromatic heterocycles. The van der Waals surface area contributed by atoms with Gasteiger partial charge >= 0.3 is 5.97 Å². The van der Waals surface area contributed by atoms with Gasteiger partial charge in [0.15, 0.2) is 0 Å². The molecule has 0 saturated heterocycles. The first-order valence-corrected chi connectivity index (χ1v) is 8.04. The average Bonchev–Trinajstić information content (AvgIpc) is 2.25. The van der Waals surface area contributed by atoms with E-state index < -0.39 is 11.4 Å². The van der Waals surface area contributed by atoms with E-state index in [1.165, 1.54) is 0 Å². The van der Waals surface area contributed by atoms with Gasteiger partial charge in [-0.15, -0.1) is 0 Å². The molecule has 0 amide bonds. The van der Waals surface area contributed by atoms with Gasteiger partial charge in [-0.25, -0.2) is 0 Å². The highest BCUT2D eigenvalue weighted by atomic mass is 16.5. The molecule has 0 saturated carbocycles. The highest BCUT2D eigenvalue weighted by Gasteiger charge is 2.45. The normalized spacial score (nSPS) is 16.6. The molecule has 21 heavy (non-hydrogen) atoms. The predicted octanol–water partition coefficient (Wildman–Crippen LogP) is 5.14. The molecular weight excluding hydrogens is 264 g/mol. The molecule has 0 fully saturated rings. The van der Waals surface area contributed by atoms with Gasteiger partial charge in [-0.1, -0.05) is 41.5 Å². The maximum atomic E-state index is 11.6. The van der Waals surface area contributed by atoms with Crippen molar-refractivity contribution in [2.45, 2.75) is 87.2 Å². The lowest BCUT2D eigenvalue weighted by Crippen LogP contribution is -2.46. The standard InChI is InChI=1S/C18H36O3/c1-10-18(9,14(19)20)13-16(5,6)17(7,8)21-12-11-15(2,3)4/h10-13H2,1-9H3,(H,19,20). The number of hydrogen-bond acceptors (Lipinski definition) is 2. The summed E-state index contributed by atoms with van der Waals surface area (Å²) in [5.41, 5.74) is -1.02. The summed E-state index contributed by atoms with van der Waals surface area (Å²) in [6, 6.07) is 0. The van der Waals surface area contributed by atoms with Crippen molar-refractivity contribution in [3.05, 3.63) is 0 Å². The summed E-state index contributed by atoms with van der Waals surface area (Å²) in [6.45, 7) is 19.5. The number of carbonyl (C=O) groups is 1. The molecule has 0 aliphatic rings. The molecule has 0 radical (unpaired) electrons. The van der Waals surface area contributed by atoms with E-state index in [0.29, 0.717) is 19.4 Å². The largest absolute Gasteiger partial charge is 0.481 e. The summed E-state index contributed by atoms with van der Waals surface area (Å²) in [4.78, 5) is 11.6. The SMILES string of the molecule is CCC(C)(CC(C)(C)C(C)(C)OCCC(C)(C)C)C(=O)O. The Hall–Kier alpha value is -0.570. The molecule has 0 heterocycles. The van der Waals surface area contributed by atoms with Crippen LogP contribution in [0.2, 0.25) is 0 Å². The Morgan fingerprint density at radius 2 is 1.48 bits per heavy atom. The predicted molar refractivity (Wildman–Crippen MR) is 88.5 cm³/mol. The lowest BCUT2D eigenvalue weighted by Gasteiger charge is -2.45. The highest BCUT2D eigenvalue weighted by molar-refractivity contribution is 5.74. The Bertz CT molecular complexity index is 350. The zero-order valence-corrected chi connectivity index (χ0v) is 15.6. The van der Waals surface area contributed by atoms with E-state index in [-0.39, 0.29) is 16.4 Å². The average molecular weight is 300 g/mol. The lowest BCUT2D eigenvalue weighted by molar-refractivity contribution is -0.157. The zero-order valence-electron chi connectivity index (χ0n) is 15.6. The van der Waals surface area contributed by atoms with Gasteiger partial charge in [0.1, 0.15) is 0 Å². The minimum Gasteiger partial charge on any atom is -0.481 e. The first-order chi connectivity index (χ1) is 9.17. The van der Waals surface area contributed by atoms with E-state index in [9.17, 15) is 9.90 Å². The van der Waals surface area contributed by atoms with Crippen molar-refractivity contribution < 1.29 is 14.6 Å². The maximum absolute atomic E-state index is 11.6. The maximum Gasteiger partial charge on any atom is 0.309 e. The molecule has 0 aromatic carbocycles. The molecule has 1 atom stereocenters. The number of rotatable bonds is 8. The van der Waals surface area contributed by atoms with E-state index in [2.05, 4.69) is 48.5 Å². The second kappa shape index (κ2) is 6.68. The number of carboxylic acids is 1. The van der Waals surface area contributed by atoms with Crippen LogP contribution < -0.4 is 0 Å². The van der Waals surface area contributed by atoms with Crippen LogP contribution in [0.15, 0.2) is 0 Å². The Morgan fingerprint density at radius 3 is 1.81 bits per heavy atom. The first kappa shape index (κ1) is 20.4. The van der Waals surface area contributed by atoms with Crippen molar-refractivity contribution in [2.24, 2.45) is 16.2 Å². The number of carboxylic acid groups (broad SMARTS) is 1. The van der Waals surface area contributed by atoms with Crippen LogP contribution in [0.3, 0.4) is 0 Å². The Morgan fingerprint density at radius 1 is 1.00 bits per heavy atom. The minimum absolute atomic E-state index is 0.214. The summed E-state index contributed by atoms with van der Waals surface area (Å²) in [7, 11) is 0. The fraction of sp³-hybridized carbons (Fsp3) is 0.944. The monoisotopic (exact) mass is 300 g/mol. The summed E-state index contributed by atoms with van der Waals surface area (Å²) < 4.78 is 6.15. The third kappa shape index (κ3) is 5.98. The van der Waals surface area contributed by atoms with E-state index in [0.717, 1.165) is 6.42 Å². The Labute approximate surface area is 131 Å². The van der Waals surface area contributed by atoms with Crippen molar-refractivity contribution in [2.75, 3.05) is 6.61 Å². The highest BCUT2D eigenvalue weighted by Crippen LogP contribution is 2.45. The van der Waals surface area contributed by atoms with Crippen LogP contribution in [-0.2, 0) is 9.53 Å². The van der Waals surface area contributed by atoms with Crippen molar-refractivity contribution in [1.29, 1.82) is 0 Å². The Balaban J connectivity index is 4.90. The molecule has 0 aliphatic heterocycles. The van der Waals surface area contributed by atoms with Crippen molar-refractivity contribution in [3.63, 3.8) is 0 Å². The third-order valence-electron chi connectivity index (χ3n) is 5.07. The van der Waals surface area contributed by atoms with Gasteiger partial charge in [0.2, 0.25) is 0 Å². The molecule has 0 rings (SSSR count). The van der Waals surface area contributed by atoms with Gasteiger partial charge in [-0.2, -0.15) is 0 Å². The fourth-order valence-corrected chi connectivity index (χ4v) is 2.35. The van der Waals surface area contributed by atoms with E-state index >= 15 is 0 Å². The van der Waals surface area contributed by atoms with E-state index in [4.69, 9.17) is 4.74 Å². The van der Waals surface area contributed by atoms with Crippen LogP contribution in [-0.4, -0.2) is 23.3 Å². The Kier molecular flexibility index (Phi) is 6.50. The molecule has 0 bridgehead atoms. The van der Waals surface area contributed by atoms with Crippen molar-refractivity contribution >= 4 is 5.97 Å². The molecule has 126 valence electrons. The summed E-state index contributed by atoms with van der Waals surface area (Å²) in [6.07, 6.45) is 2.23. The molecule has 1 N–H and O–H groups in total. The summed E-state index contributed by atoms with van der Waals surface area (Å²) >= 11 is 0. The smallest absolute Gasteiger partial charge is 0.309 e. The van der Waals surface area contributed by atoms with Crippen LogP contribution in [0.4, 0.5) is 0 Å². The number of hydrogen-bond donors (Lipinski definition) is 1. The van der Waals surface area contributed by atoms with Crippen LogP contribution in [0.5, 0.6) is 0 Å². The van der Waals surface area contributed by atoms with E-state index in [1.807, 2.05) is 13.8 Å². The molecule has 0 spiro atoms. The van der Waals surface area contributed by atoms with E-state index in [1.54, 1.807) is 0 Å². The molecule has 0 aromatic rings. The van der Waals surface area contributed by atoms with Crippen molar-refractivity contribution in [3.8, 4) is 0 Å². The summed E-state index contributed by atoms with van der Waals surface area (Å²) in [5, 5.41) is 9.50. The fourth-order valence-electron chi connectivity index (χ4n) is 2.35. The van der Waals surface area contributed by atoms with Crippen LogP contribution in [0.25, 0.3) is 0 Å². The third-order valence-corrected chi connectivity index (χ3v) is 5.07.